The fourth-order valence-corrected chi connectivity index (χ4v) is 3.43. The van der Waals surface area contributed by atoms with E-state index in [9.17, 15) is 9.90 Å². The van der Waals surface area contributed by atoms with Gasteiger partial charge in [-0.2, -0.15) is 0 Å². The van der Waals surface area contributed by atoms with Crippen molar-refractivity contribution in [1.82, 2.24) is 4.90 Å². The molecule has 1 fully saturated rings. The number of nitrogens with two attached hydrogens (primary N) is 1. The molecule has 2 aliphatic heterocycles. The van der Waals surface area contributed by atoms with Crippen molar-refractivity contribution in [3.63, 3.8) is 0 Å². The summed E-state index contributed by atoms with van der Waals surface area (Å²) in [5, 5.41) is 11.0. The van der Waals surface area contributed by atoms with Crippen LogP contribution in [-0.4, -0.2) is 41.2 Å². The van der Waals surface area contributed by atoms with E-state index in [1.807, 2.05) is 17.0 Å². The Morgan fingerprint density at radius 2 is 2.33 bits per heavy atom. The minimum absolute atomic E-state index is 0.254. The van der Waals surface area contributed by atoms with Gasteiger partial charge in [0.05, 0.1) is 6.61 Å². The molecule has 1 aromatic rings. The molecular weight excluding hydrogens is 292 g/mol. The van der Waals surface area contributed by atoms with Gasteiger partial charge in [0.1, 0.15) is 5.75 Å². The van der Waals surface area contributed by atoms with Gasteiger partial charge in [-0.25, -0.2) is 0 Å². The lowest BCUT2D eigenvalue weighted by Crippen LogP contribution is -2.55. The van der Waals surface area contributed by atoms with Crippen LogP contribution in [0, 0.1) is 0 Å². The number of aliphatic hydroxyl groups is 1. The lowest BCUT2D eigenvalue weighted by Gasteiger charge is -2.37. The van der Waals surface area contributed by atoms with Crippen molar-refractivity contribution in [2.24, 2.45) is 5.73 Å². The summed E-state index contributed by atoms with van der Waals surface area (Å²) in [4.78, 5) is 13.4. The number of likely N-dealkylation sites (tertiary alicyclic amines) is 1. The number of primary amides is 1. The number of piperidine rings is 1. The van der Waals surface area contributed by atoms with E-state index >= 15 is 0 Å². The second-order valence-corrected chi connectivity index (χ2v) is 6.30. The molecule has 21 heavy (non-hydrogen) atoms. The minimum atomic E-state index is -1.43. The number of β-amino-alcohol motifs (C(OH)–C–C–N with tert-alkyl or cyclic N) is 1. The molecule has 3 rings (SSSR count). The zero-order chi connectivity index (χ0) is 15.0. The van der Waals surface area contributed by atoms with Gasteiger partial charge in [-0.15, -0.1) is 0 Å². The van der Waals surface area contributed by atoms with Gasteiger partial charge in [0.25, 0.3) is 5.91 Å². The van der Waals surface area contributed by atoms with Crippen molar-refractivity contribution in [1.29, 1.82) is 0 Å². The first-order valence-electron chi connectivity index (χ1n) is 7.17. The van der Waals surface area contributed by atoms with Crippen LogP contribution in [0.1, 0.15) is 24.0 Å². The van der Waals surface area contributed by atoms with E-state index in [1.54, 1.807) is 0 Å². The third-order valence-electron chi connectivity index (χ3n) is 4.23. The van der Waals surface area contributed by atoms with E-state index in [-0.39, 0.29) is 6.54 Å². The second-order valence-electron chi connectivity index (χ2n) is 5.86. The van der Waals surface area contributed by atoms with Crippen LogP contribution >= 0.6 is 11.6 Å². The SMILES string of the molecule is NC(=O)[C@]1(O)CCCN(Cc2cc(Cl)cc3c2OCC3)C1. The third kappa shape index (κ3) is 2.86. The van der Waals surface area contributed by atoms with Gasteiger partial charge in [-0.05, 0) is 37.1 Å². The summed E-state index contributed by atoms with van der Waals surface area (Å²) in [5.74, 6) is 0.243. The third-order valence-corrected chi connectivity index (χ3v) is 4.45. The molecule has 3 N–H and O–H groups in total. The number of fused-ring (bicyclic) bond motifs is 1. The summed E-state index contributed by atoms with van der Waals surface area (Å²) in [6, 6.07) is 3.83. The van der Waals surface area contributed by atoms with Crippen LogP contribution in [0.5, 0.6) is 5.75 Å². The second kappa shape index (κ2) is 5.48. The molecule has 1 aromatic carbocycles. The number of amides is 1. The number of ether oxygens (including phenoxy) is 1. The van der Waals surface area contributed by atoms with Crippen LogP contribution in [0.3, 0.4) is 0 Å². The van der Waals surface area contributed by atoms with Crippen molar-refractivity contribution in [3.8, 4) is 5.75 Å². The van der Waals surface area contributed by atoms with Gasteiger partial charge in [0.2, 0.25) is 0 Å². The fraction of sp³-hybridized carbons (Fsp3) is 0.533. The summed E-state index contributed by atoms with van der Waals surface area (Å²) in [5.41, 5.74) is 6.01. The normalized spacial score (nSPS) is 25.4. The summed E-state index contributed by atoms with van der Waals surface area (Å²) in [6.45, 7) is 2.34. The Hall–Kier alpha value is -1.30. The van der Waals surface area contributed by atoms with E-state index in [1.165, 1.54) is 0 Å². The van der Waals surface area contributed by atoms with Crippen LogP contribution in [0.15, 0.2) is 12.1 Å². The van der Waals surface area contributed by atoms with Crippen molar-refractivity contribution in [2.45, 2.75) is 31.4 Å². The highest BCUT2D eigenvalue weighted by Crippen LogP contribution is 2.34. The first-order valence-corrected chi connectivity index (χ1v) is 7.54. The predicted molar refractivity (Wildman–Crippen MR) is 79.3 cm³/mol. The van der Waals surface area contributed by atoms with E-state index in [0.717, 1.165) is 36.3 Å². The molecule has 2 aliphatic rings. The Bertz CT molecular complexity index is 578. The molecule has 0 saturated carbocycles. The highest BCUT2D eigenvalue weighted by Gasteiger charge is 2.38. The maximum Gasteiger partial charge on any atom is 0.250 e. The number of hydrogen-bond acceptors (Lipinski definition) is 4. The number of halogens is 1. The van der Waals surface area contributed by atoms with E-state index in [2.05, 4.69) is 0 Å². The molecule has 0 aromatic heterocycles. The molecular formula is C15H19ClN2O3. The molecule has 0 radical (unpaired) electrons. The average Bonchev–Trinajstić information content (AvgIpc) is 2.86. The van der Waals surface area contributed by atoms with Gasteiger partial charge in [0, 0.05) is 30.1 Å². The van der Waals surface area contributed by atoms with Gasteiger partial charge >= 0.3 is 0 Å². The van der Waals surface area contributed by atoms with E-state index in [0.29, 0.717) is 24.6 Å². The van der Waals surface area contributed by atoms with Crippen LogP contribution in [0.2, 0.25) is 5.02 Å². The number of hydrogen-bond donors (Lipinski definition) is 2. The number of nitrogens with zero attached hydrogens (tertiary/aromatic N) is 1. The summed E-state index contributed by atoms with van der Waals surface area (Å²) in [7, 11) is 0. The van der Waals surface area contributed by atoms with Crippen LogP contribution < -0.4 is 10.5 Å². The monoisotopic (exact) mass is 310 g/mol. The predicted octanol–water partition coefficient (Wildman–Crippen LogP) is 1.09. The molecule has 114 valence electrons. The Kier molecular flexibility index (Phi) is 3.82. The van der Waals surface area contributed by atoms with Crippen LogP contribution in [-0.2, 0) is 17.8 Å². The van der Waals surface area contributed by atoms with Gasteiger partial charge in [-0.3, -0.25) is 9.69 Å². The molecule has 0 aliphatic carbocycles. The molecule has 1 saturated heterocycles. The Balaban J connectivity index is 1.80. The number of rotatable bonds is 3. The number of benzene rings is 1. The lowest BCUT2D eigenvalue weighted by molar-refractivity contribution is -0.142. The van der Waals surface area contributed by atoms with Crippen molar-refractivity contribution >= 4 is 17.5 Å². The molecule has 0 spiro atoms. The summed E-state index contributed by atoms with van der Waals surface area (Å²) >= 11 is 6.16. The Labute approximate surface area is 128 Å². The molecule has 1 atom stereocenters. The topological polar surface area (TPSA) is 75.8 Å². The molecule has 0 unspecified atom stereocenters. The first kappa shape index (κ1) is 14.6. The quantitative estimate of drug-likeness (QED) is 0.876. The maximum atomic E-state index is 11.4. The zero-order valence-electron chi connectivity index (χ0n) is 11.8. The zero-order valence-corrected chi connectivity index (χ0v) is 12.5. The molecule has 1 amide bonds. The van der Waals surface area contributed by atoms with Gasteiger partial charge < -0.3 is 15.6 Å². The van der Waals surface area contributed by atoms with Crippen molar-refractivity contribution in [2.75, 3.05) is 19.7 Å². The Morgan fingerprint density at radius 3 is 3.10 bits per heavy atom. The maximum absolute atomic E-state index is 11.4. The van der Waals surface area contributed by atoms with Crippen LogP contribution in [0.4, 0.5) is 0 Å². The molecule has 6 heteroatoms. The standard InChI is InChI=1S/C15H19ClN2O3/c16-12-6-10-2-5-21-13(10)11(7-12)8-18-4-1-3-15(20,9-18)14(17)19/h6-7,20H,1-5,8-9H2,(H2,17,19)/t15-/m0/s1. The largest absolute Gasteiger partial charge is 0.493 e. The van der Waals surface area contributed by atoms with Gasteiger partial charge in [-0.1, -0.05) is 11.6 Å². The summed E-state index contributed by atoms with van der Waals surface area (Å²) < 4.78 is 5.69. The molecule has 2 heterocycles. The fourth-order valence-electron chi connectivity index (χ4n) is 3.16. The van der Waals surface area contributed by atoms with Gasteiger partial charge in [0.15, 0.2) is 5.60 Å². The Morgan fingerprint density at radius 1 is 1.52 bits per heavy atom. The lowest BCUT2D eigenvalue weighted by atomic mass is 9.92. The highest BCUT2D eigenvalue weighted by atomic mass is 35.5. The van der Waals surface area contributed by atoms with E-state index < -0.39 is 11.5 Å². The average molecular weight is 311 g/mol. The van der Waals surface area contributed by atoms with Crippen LogP contribution in [0.25, 0.3) is 0 Å². The molecule has 0 bridgehead atoms. The smallest absolute Gasteiger partial charge is 0.250 e. The number of carbonyl (C=O) groups excluding carboxylic acids is 1. The van der Waals surface area contributed by atoms with E-state index in [4.69, 9.17) is 22.1 Å². The first-order chi connectivity index (χ1) is 9.98. The highest BCUT2D eigenvalue weighted by molar-refractivity contribution is 6.30. The number of carbonyl (C=O) groups is 1. The van der Waals surface area contributed by atoms with Crippen molar-refractivity contribution in [3.05, 3.63) is 28.3 Å². The summed E-state index contributed by atoms with van der Waals surface area (Å²) in [6.07, 6.45) is 2.03. The minimum Gasteiger partial charge on any atom is -0.493 e. The molecule has 5 nitrogen and oxygen atoms in total. The van der Waals surface area contributed by atoms with Crippen molar-refractivity contribution < 1.29 is 14.6 Å².